The zero-order chi connectivity index (χ0) is 43.1. The predicted molar refractivity (Wildman–Crippen MR) is 254 cm³/mol. The molecule has 3 atom stereocenters. The van der Waals surface area contributed by atoms with E-state index >= 15 is 0 Å². The van der Waals surface area contributed by atoms with Gasteiger partial charge < -0.3 is 20.3 Å². The first kappa shape index (κ1) is 55.8. The first-order valence-corrected chi connectivity index (χ1v) is 24.0. The van der Waals surface area contributed by atoms with Crippen molar-refractivity contribution in [1.29, 1.82) is 0 Å². The standard InChI is InChI=1S/C53H89NO5/c1-4-7-10-13-16-19-21-23-25-27-29-31-34-37-40-43-46-53(58)59-49(44-41-38-35-33-30-28-26-24-22-20-17-14-11-8-5-2)47-52(57)54-50(48-55)51(56)45-42-39-36-32-18-15-12-9-6-3/h7,10,16-17,19-20,23-26,29-31,33,38,41,49-51,55-56H,4-6,8-9,11-15,18,21-22,27-28,32,34-37,39-40,42-48H2,1-3H3,(H,54,57)/b10-7+,19-16+,20-17-,25-23+,26-24-,31-29+,33-30-,41-38-. The second kappa shape index (κ2) is 45.9. The highest BCUT2D eigenvalue weighted by atomic mass is 16.5. The lowest BCUT2D eigenvalue weighted by Gasteiger charge is -2.24. The smallest absolute Gasteiger partial charge is 0.306 e. The van der Waals surface area contributed by atoms with Crippen LogP contribution >= 0.6 is 0 Å². The maximum absolute atomic E-state index is 13.1. The molecule has 1 amide bonds. The van der Waals surface area contributed by atoms with Crippen molar-refractivity contribution in [1.82, 2.24) is 5.32 Å². The van der Waals surface area contributed by atoms with E-state index in [1.165, 1.54) is 57.8 Å². The number of esters is 1. The summed E-state index contributed by atoms with van der Waals surface area (Å²) in [7, 11) is 0. The third-order valence-corrected chi connectivity index (χ3v) is 10.1. The summed E-state index contributed by atoms with van der Waals surface area (Å²) in [6.45, 7) is 6.26. The van der Waals surface area contributed by atoms with Crippen LogP contribution in [0.1, 0.15) is 201 Å². The molecule has 3 N–H and O–H groups in total. The number of carbonyl (C=O) groups excluding carboxylic acids is 2. The first-order valence-electron chi connectivity index (χ1n) is 24.0. The Kier molecular flexibility index (Phi) is 43.4. The minimum absolute atomic E-state index is 0.0170. The number of aliphatic hydroxyl groups is 2. The van der Waals surface area contributed by atoms with Crippen LogP contribution in [-0.2, 0) is 14.3 Å². The van der Waals surface area contributed by atoms with Gasteiger partial charge in [-0.3, -0.25) is 9.59 Å². The molecule has 0 aliphatic carbocycles. The Morgan fingerprint density at radius 1 is 0.525 bits per heavy atom. The Labute approximate surface area is 363 Å². The van der Waals surface area contributed by atoms with Crippen LogP contribution in [0.25, 0.3) is 0 Å². The third kappa shape index (κ3) is 41.3. The van der Waals surface area contributed by atoms with E-state index in [9.17, 15) is 19.8 Å². The average molecular weight is 820 g/mol. The zero-order valence-corrected chi connectivity index (χ0v) is 38.1. The van der Waals surface area contributed by atoms with Gasteiger partial charge in [0.2, 0.25) is 5.91 Å². The van der Waals surface area contributed by atoms with E-state index in [4.69, 9.17) is 4.74 Å². The van der Waals surface area contributed by atoms with Gasteiger partial charge in [-0.25, -0.2) is 0 Å². The van der Waals surface area contributed by atoms with Crippen LogP contribution in [0.5, 0.6) is 0 Å². The average Bonchev–Trinajstić information content (AvgIpc) is 3.23. The molecule has 0 saturated carbocycles. The van der Waals surface area contributed by atoms with E-state index in [1.807, 2.05) is 12.2 Å². The van der Waals surface area contributed by atoms with Gasteiger partial charge in [0, 0.05) is 12.8 Å². The molecule has 0 rings (SSSR count). The van der Waals surface area contributed by atoms with Gasteiger partial charge in [-0.05, 0) is 83.5 Å². The summed E-state index contributed by atoms with van der Waals surface area (Å²) >= 11 is 0. The monoisotopic (exact) mass is 820 g/mol. The fraction of sp³-hybridized carbons (Fsp3) is 0.660. The number of aliphatic hydroxyl groups excluding tert-OH is 2. The molecular weight excluding hydrogens is 731 g/mol. The van der Waals surface area contributed by atoms with Crippen molar-refractivity contribution in [2.45, 2.75) is 219 Å². The summed E-state index contributed by atoms with van der Waals surface area (Å²) in [5.41, 5.74) is 0. The van der Waals surface area contributed by atoms with E-state index in [0.717, 1.165) is 96.3 Å². The molecule has 0 aromatic rings. The second-order valence-electron chi connectivity index (χ2n) is 15.8. The molecule has 0 aliphatic heterocycles. The van der Waals surface area contributed by atoms with Crippen LogP contribution in [0.15, 0.2) is 97.2 Å². The fourth-order valence-electron chi connectivity index (χ4n) is 6.52. The summed E-state index contributed by atoms with van der Waals surface area (Å²) in [4.78, 5) is 26.0. The number of hydrogen-bond acceptors (Lipinski definition) is 5. The van der Waals surface area contributed by atoms with Gasteiger partial charge in [0.1, 0.15) is 6.10 Å². The van der Waals surface area contributed by atoms with E-state index in [1.54, 1.807) is 0 Å². The molecule has 0 heterocycles. The Morgan fingerprint density at radius 2 is 0.949 bits per heavy atom. The normalized spacial score (nSPS) is 14.2. The van der Waals surface area contributed by atoms with Crippen molar-refractivity contribution >= 4 is 11.9 Å². The Morgan fingerprint density at radius 3 is 1.46 bits per heavy atom. The largest absolute Gasteiger partial charge is 0.461 e. The molecule has 0 saturated heterocycles. The lowest BCUT2D eigenvalue weighted by atomic mass is 10.0. The highest BCUT2D eigenvalue weighted by Crippen LogP contribution is 2.15. The molecular formula is C53H89NO5. The summed E-state index contributed by atoms with van der Waals surface area (Å²) in [5.74, 6) is -0.624. The van der Waals surface area contributed by atoms with Crippen molar-refractivity contribution in [2.24, 2.45) is 0 Å². The number of nitrogens with one attached hydrogen (secondary N) is 1. The highest BCUT2D eigenvalue weighted by molar-refractivity contribution is 5.77. The van der Waals surface area contributed by atoms with Crippen LogP contribution in [0.2, 0.25) is 0 Å². The van der Waals surface area contributed by atoms with Gasteiger partial charge in [0.05, 0.1) is 25.2 Å². The molecule has 0 aliphatic rings. The summed E-state index contributed by atoms with van der Waals surface area (Å²) < 4.78 is 5.84. The lowest BCUT2D eigenvalue weighted by molar-refractivity contribution is -0.150. The topological polar surface area (TPSA) is 95.9 Å². The molecule has 0 fully saturated rings. The van der Waals surface area contributed by atoms with Crippen molar-refractivity contribution in [3.8, 4) is 0 Å². The molecule has 6 nitrogen and oxygen atoms in total. The number of hydrogen-bond donors (Lipinski definition) is 3. The van der Waals surface area contributed by atoms with Gasteiger partial charge in [0.25, 0.3) is 0 Å². The van der Waals surface area contributed by atoms with E-state index in [-0.39, 0.29) is 24.9 Å². The number of rotatable bonds is 41. The number of unbranched alkanes of at least 4 members (excludes halogenated alkanes) is 14. The van der Waals surface area contributed by atoms with Crippen LogP contribution in [0.4, 0.5) is 0 Å². The number of ether oxygens (including phenoxy) is 1. The molecule has 3 unspecified atom stereocenters. The Hall–Kier alpha value is -3.22. The van der Waals surface area contributed by atoms with E-state index < -0.39 is 18.2 Å². The SMILES string of the molecule is CC/C=C/C/C=C/C/C=C/C/C=C/CCCCCC(=O)OC(C/C=C\C/C=C\C/C=C\C/C=C\CCCCC)CC(=O)NC(CO)C(O)CCCCCCCCCCC. The van der Waals surface area contributed by atoms with E-state index in [2.05, 4.69) is 111 Å². The lowest BCUT2D eigenvalue weighted by Crippen LogP contribution is -2.46. The minimum Gasteiger partial charge on any atom is -0.461 e. The number of amides is 1. The van der Waals surface area contributed by atoms with Gasteiger partial charge in [-0.15, -0.1) is 0 Å². The molecule has 0 aromatic heterocycles. The van der Waals surface area contributed by atoms with Gasteiger partial charge in [0.15, 0.2) is 0 Å². The van der Waals surface area contributed by atoms with Crippen molar-refractivity contribution < 1.29 is 24.5 Å². The minimum atomic E-state index is -0.820. The zero-order valence-electron chi connectivity index (χ0n) is 38.1. The van der Waals surface area contributed by atoms with Crippen LogP contribution in [0.3, 0.4) is 0 Å². The quantitative estimate of drug-likeness (QED) is 0.0324. The van der Waals surface area contributed by atoms with Crippen LogP contribution in [0, 0.1) is 0 Å². The second-order valence-corrected chi connectivity index (χ2v) is 15.8. The van der Waals surface area contributed by atoms with Gasteiger partial charge >= 0.3 is 5.97 Å². The maximum Gasteiger partial charge on any atom is 0.306 e. The predicted octanol–water partition coefficient (Wildman–Crippen LogP) is 14.2. The maximum atomic E-state index is 13.1. The Bertz CT molecular complexity index is 1190. The van der Waals surface area contributed by atoms with Gasteiger partial charge in [-0.2, -0.15) is 0 Å². The highest BCUT2D eigenvalue weighted by Gasteiger charge is 2.23. The fourth-order valence-corrected chi connectivity index (χ4v) is 6.52. The van der Waals surface area contributed by atoms with Crippen molar-refractivity contribution in [3.05, 3.63) is 97.2 Å². The van der Waals surface area contributed by atoms with Crippen molar-refractivity contribution in [2.75, 3.05) is 6.61 Å². The van der Waals surface area contributed by atoms with Crippen LogP contribution in [-0.4, -0.2) is 46.9 Å². The molecule has 0 radical (unpaired) electrons. The van der Waals surface area contributed by atoms with Gasteiger partial charge in [-0.1, -0.05) is 195 Å². The number of allylic oxidation sites excluding steroid dienone is 15. The van der Waals surface area contributed by atoms with Crippen LogP contribution < -0.4 is 5.32 Å². The summed E-state index contributed by atoms with van der Waals surface area (Å²) in [6.07, 6.45) is 60.5. The molecule has 336 valence electrons. The van der Waals surface area contributed by atoms with E-state index in [0.29, 0.717) is 19.3 Å². The molecule has 6 heteroatoms. The molecule has 0 spiro atoms. The number of carbonyl (C=O) groups is 2. The summed E-state index contributed by atoms with van der Waals surface area (Å²) in [6, 6.07) is -0.741. The molecule has 59 heavy (non-hydrogen) atoms. The third-order valence-electron chi connectivity index (χ3n) is 10.1. The van der Waals surface area contributed by atoms with Crippen molar-refractivity contribution in [3.63, 3.8) is 0 Å². The Balaban J connectivity index is 4.82. The first-order chi connectivity index (χ1) is 29.0. The molecule has 0 bridgehead atoms. The summed E-state index contributed by atoms with van der Waals surface area (Å²) in [5, 5.41) is 23.6. The molecule has 0 aromatic carbocycles.